The van der Waals surface area contributed by atoms with Crippen molar-refractivity contribution in [3.05, 3.63) is 86.3 Å². The van der Waals surface area contributed by atoms with Gasteiger partial charge in [-0.15, -0.1) is 10.2 Å². The minimum atomic E-state index is -0.286. The molecule has 0 spiro atoms. The van der Waals surface area contributed by atoms with Crippen LogP contribution in [0.1, 0.15) is 25.9 Å². The van der Waals surface area contributed by atoms with Gasteiger partial charge in [0, 0.05) is 17.1 Å². The number of carbonyl (C=O) groups excluding carboxylic acids is 1. The summed E-state index contributed by atoms with van der Waals surface area (Å²) in [5, 5.41) is 12.6. The third kappa shape index (κ3) is 4.85. The van der Waals surface area contributed by atoms with Crippen LogP contribution < -0.4 is 10.1 Å². The zero-order valence-electron chi connectivity index (χ0n) is 15.1. The van der Waals surface area contributed by atoms with Gasteiger partial charge >= 0.3 is 0 Å². The molecule has 0 saturated carbocycles. The molecular weight excluding hydrogens is 429 g/mol. The number of nitrogens with one attached hydrogen (secondary N) is 1. The highest BCUT2D eigenvalue weighted by atomic mass is 35.5. The summed E-state index contributed by atoms with van der Waals surface area (Å²) in [5.41, 5.74) is 2.76. The second-order valence-corrected chi connectivity index (χ2v) is 8.08. The molecule has 0 unspecified atom stereocenters. The fourth-order valence-corrected chi connectivity index (χ4v) is 3.88. The number of halogens is 2. The highest BCUT2D eigenvalue weighted by Gasteiger charge is 2.16. The average Bonchev–Trinajstić information content (AvgIpc) is 3.23. The van der Waals surface area contributed by atoms with Crippen molar-refractivity contribution in [1.82, 2.24) is 15.5 Å². The molecule has 0 atom stereocenters. The van der Waals surface area contributed by atoms with Crippen molar-refractivity contribution < 1.29 is 9.53 Å². The summed E-state index contributed by atoms with van der Waals surface area (Å²) in [5.74, 6) is 0.488. The number of fused-ring (bicyclic) bond motifs is 1. The molecule has 0 fully saturated rings. The van der Waals surface area contributed by atoms with Crippen molar-refractivity contribution in [2.45, 2.75) is 6.54 Å². The number of amides is 1. The van der Waals surface area contributed by atoms with Gasteiger partial charge in [-0.2, -0.15) is 0 Å². The predicted octanol–water partition coefficient (Wildman–Crippen LogP) is 5.18. The van der Waals surface area contributed by atoms with E-state index < -0.39 is 0 Å². The number of carbonyl (C=O) groups is 1. The first-order valence-corrected chi connectivity index (χ1v) is 10.3. The Morgan fingerprint density at radius 3 is 2.79 bits per heavy atom. The van der Waals surface area contributed by atoms with Crippen molar-refractivity contribution in [1.29, 1.82) is 0 Å². The molecule has 2 heterocycles. The summed E-state index contributed by atoms with van der Waals surface area (Å²) in [4.78, 5) is 12.3. The summed E-state index contributed by atoms with van der Waals surface area (Å²) in [7, 11) is 0. The van der Waals surface area contributed by atoms with Crippen molar-refractivity contribution >= 4 is 51.6 Å². The lowest BCUT2D eigenvalue weighted by Crippen LogP contribution is -2.22. The third-order valence-electron chi connectivity index (χ3n) is 4.14. The van der Waals surface area contributed by atoms with Gasteiger partial charge < -0.3 is 10.1 Å². The van der Waals surface area contributed by atoms with Crippen LogP contribution in [-0.4, -0.2) is 22.7 Å². The zero-order chi connectivity index (χ0) is 20.2. The van der Waals surface area contributed by atoms with E-state index in [0.717, 1.165) is 33.8 Å². The number of ether oxygens (including phenoxy) is 1. The lowest BCUT2D eigenvalue weighted by Gasteiger charge is -2.16. The minimum Gasteiger partial charge on any atom is -0.488 e. The van der Waals surface area contributed by atoms with E-state index in [9.17, 15) is 4.79 Å². The Morgan fingerprint density at radius 2 is 1.97 bits per heavy atom. The Bertz CT molecular complexity index is 1110. The topological polar surface area (TPSA) is 64.1 Å². The normalized spacial score (nSPS) is 13.3. The van der Waals surface area contributed by atoms with Crippen molar-refractivity contribution in [3.8, 4) is 5.75 Å². The SMILES string of the molecule is O=C(NCc1ccccc1)c1nnc(/C(Cl)=C\C2=Cc3cc(Cl)ccc3OC2)s1. The maximum absolute atomic E-state index is 12.3. The third-order valence-corrected chi connectivity index (χ3v) is 5.73. The standard InChI is InChI=1S/C21H15Cl2N3O2S/c22-16-6-7-18-15(10-16)8-14(12-28-18)9-17(23)20-25-26-21(29-20)19(27)24-11-13-4-2-1-3-5-13/h1-10H,11-12H2,(H,24,27)/b17-9+. The van der Waals surface area contributed by atoms with Crippen LogP contribution in [0.2, 0.25) is 5.02 Å². The van der Waals surface area contributed by atoms with Crippen LogP contribution >= 0.6 is 34.5 Å². The van der Waals surface area contributed by atoms with Crippen LogP contribution in [0.25, 0.3) is 11.1 Å². The maximum Gasteiger partial charge on any atom is 0.282 e. The molecule has 5 nitrogen and oxygen atoms in total. The van der Waals surface area contributed by atoms with E-state index in [0.29, 0.717) is 28.2 Å². The summed E-state index contributed by atoms with van der Waals surface area (Å²) in [6.45, 7) is 0.804. The Morgan fingerprint density at radius 1 is 1.17 bits per heavy atom. The van der Waals surface area contributed by atoms with Gasteiger partial charge in [0.15, 0.2) is 5.01 Å². The van der Waals surface area contributed by atoms with Crippen molar-refractivity contribution in [3.63, 3.8) is 0 Å². The molecule has 0 bridgehead atoms. The van der Waals surface area contributed by atoms with Crippen molar-refractivity contribution in [2.75, 3.05) is 6.61 Å². The second-order valence-electron chi connectivity index (χ2n) is 6.26. The highest BCUT2D eigenvalue weighted by molar-refractivity contribution is 7.15. The highest BCUT2D eigenvalue weighted by Crippen LogP contribution is 2.31. The lowest BCUT2D eigenvalue weighted by atomic mass is 10.1. The van der Waals surface area contributed by atoms with E-state index in [1.165, 1.54) is 0 Å². The molecule has 8 heteroatoms. The largest absolute Gasteiger partial charge is 0.488 e. The molecule has 29 heavy (non-hydrogen) atoms. The van der Waals surface area contributed by atoms with E-state index in [-0.39, 0.29) is 10.9 Å². The van der Waals surface area contributed by atoms with Crippen molar-refractivity contribution in [2.24, 2.45) is 0 Å². The van der Waals surface area contributed by atoms with Gasteiger partial charge in [0.1, 0.15) is 12.4 Å². The van der Waals surface area contributed by atoms with Gasteiger partial charge in [-0.1, -0.05) is 64.9 Å². The van der Waals surface area contributed by atoms with E-state index in [1.54, 1.807) is 12.1 Å². The van der Waals surface area contributed by atoms with Gasteiger partial charge in [0.2, 0.25) is 5.01 Å². The van der Waals surface area contributed by atoms with E-state index in [4.69, 9.17) is 27.9 Å². The molecule has 3 aromatic rings. The smallest absolute Gasteiger partial charge is 0.282 e. The fourth-order valence-electron chi connectivity index (χ4n) is 2.74. The molecular formula is C21H15Cl2N3O2S. The maximum atomic E-state index is 12.3. The monoisotopic (exact) mass is 443 g/mol. The first-order valence-electron chi connectivity index (χ1n) is 8.74. The molecule has 1 N–H and O–H groups in total. The van der Waals surface area contributed by atoms with Crippen LogP contribution in [0.15, 0.2) is 60.2 Å². The molecule has 1 aromatic heterocycles. The number of hydrogen-bond donors (Lipinski definition) is 1. The molecule has 1 aliphatic rings. The Labute approximate surface area is 181 Å². The summed E-state index contributed by atoms with van der Waals surface area (Å²) < 4.78 is 5.72. The Balaban J connectivity index is 1.45. The summed E-state index contributed by atoms with van der Waals surface area (Å²) >= 11 is 13.6. The molecule has 1 amide bonds. The fraction of sp³-hybridized carbons (Fsp3) is 0.0952. The van der Waals surface area contributed by atoms with Gasteiger partial charge in [0.25, 0.3) is 5.91 Å². The zero-order valence-corrected chi connectivity index (χ0v) is 17.4. The summed E-state index contributed by atoms with van der Waals surface area (Å²) in [6.07, 6.45) is 3.72. The van der Waals surface area contributed by atoms with Gasteiger partial charge in [-0.25, -0.2) is 0 Å². The number of hydrogen-bond acceptors (Lipinski definition) is 5. The molecule has 0 radical (unpaired) electrons. The Hall–Kier alpha value is -2.67. The molecule has 4 rings (SSSR count). The Kier molecular flexibility index (Phi) is 5.94. The van der Waals surface area contributed by atoms with Gasteiger partial charge in [-0.05, 0) is 41.5 Å². The first-order chi connectivity index (χ1) is 14.1. The number of rotatable bonds is 5. The molecule has 0 aliphatic carbocycles. The molecule has 1 aliphatic heterocycles. The lowest BCUT2D eigenvalue weighted by molar-refractivity contribution is 0.0950. The molecule has 2 aromatic carbocycles. The molecule has 146 valence electrons. The van der Waals surface area contributed by atoms with Crippen LogP contribution in [0.3, 0.4) is 0 Å². The minimum absolute atomic E-state index is 0.258. The molecule has 0 saturated heterocycles. The van der Waals surface area contributed by atoms with Crippen LogP contribution in [0.5, 0.6) is 5.75 Å². The average molecular weight is 444 g/mol. The van der Waals surface area contributed by atoms with E-state index >= 15 is 0 Å². The second kappa shape index (κ2) is 8.78. The van der Waals surface area contributed by atoms with Gasteiger partial charge in [0.05, 0.1) is 5.03 Å². The van der Waals surface area contributed by atoms with Gasteiger partial charge in [-0.3, -0.25) is 4.79 Å². The van der Waals surface area contributed by atoms with E-state index in [1.807, 2.05) is 48.5 Å². The number of benzene rings is 2. The predicted molar refractivity (Wildman–Crippen MR) is 116 cm³/mol. The first kappa shape index (κ1) is 19.6. The van der Waals surface area contributed by atoms with Crippen LogP contribution in [0, 0.1) is 0 Å². The number of aromatic nitrogens is 2. The number of nitrogens with zero attached hydrogens (tertiary/aromatic N) is 2. The van der Waals surface area contributed by atoms with Crippen LogP contribution in [0.4, 0.5) is 0 Å². The summed E-state index contributed by atoms with van der Waals surface area (Å²) in [6, 6.07) is 15.1. The quantitative estimate of drug-likeness (QED) is 0.589. The van der Waals surface area contributed by atoms with Crippen LogP contribution in [-0.2, 0) is 6.54 Å². The van der Waals surface area contributed by atoms with E-state index in [2.05, 4.69) is 15.5 Å².